The molecule has 7 nitrogen and oxygen atoms in total. The molecule has 0 saturated heterocycles. The summed E-state index contributed by atoms with van der Waals surface area (Å²) in [6, 6.07) is 13.9. The molecule has 0 atom stereocenters. The first kappa shape index (κ1) is 21.2. The summed E-state index contributed by atoms with van der Waals surface area (Å²) in [4.78, 5) is 15.8. The first-order valence-electron chi connectivity index (χ1n) is 8.85. The number of pyridine rings is 1. The van der Waals surface area contributed by atoms with Crippen LogP contribution in [-0.2, 0) is 10.0 Å². The van der Waals surface area contributed by atoms with Crippen LogP contribution in [0.15, 0.2) is 71.8 Å². The van der Waals surface area contributed by atoms with Crippen LogP contribution in [0.3, 0.4) is 0 Å². The van der Waals surface area contributed by atoms with Crippen molar-refractivity contribution in [1.29, 1.82) is 0 Å². The van der Waals surface area contributed by atoms with E-state index < -0.39 is 21.7 Å². The molecule has 0 aliphatic rings. The van der Waals surface area contributed by atoms with Crippen LogP contribution < -0.4 is 15.4 Å². The minimum absolute atomic E-state index is 0.171. The van der Waals surface area contributed by atoms with E-state index in [1.165, 1.54) is 12.1 Å². The summed E-state index contributed by atoms with van der Waals surface area (Å²) < 4.78 is 53.2. The lowest BCUT2D eigenvalue weighted by atomic mass is 10.2. The Bertz CT molecular complexity index is 1100. The van der Waals surface area contributed by atoms with Crippen LogP contribution in [0.4, 0.5) is 20.3 Å². The number of sulfonamides is 1. The molecule has 0 unspecified atom stereocenters. The van der Waals surface area contributed by atoms with Crippen LogP contribution in [0.2, 0.25) is 0 Å². The van der Waals surface area contributed by atoms with E-state index in [0.717, 1.165) is 18.3 Å². The summed E-state index contributed by atoms with van der Waals surface area (Å²) in [6.45, 7) is 0.709. The number of hydrogen-bond acceptors (Lipinski definition) is 5. The Morgan fingerprint density at radius 2 is 1.63 bits per heavy atom. The molecular weight excluding hydrogens is 414 g/mol. The van der Waals surface area contributed by atoms with Crippen molar-refractivity contribution < 1.29 is 22.0 Å². The van der Waals surface area contributed by atoms with Crippen LogP contribution >= 0.6 is 0 Å². The van der Waals surface area contributed by atoms with Crippen molar-refractivity contribution in [1.82, 2.24) is 10.3 Å². The Hall–Kier alpha value is -3.53. The fraction of sp³-hybridized carbons (Fsp3) is 0.100. The Morgan fingerprint density at radius 3 is 2.27 bits per heavy atom. The number of hydrogen-bond donors (Lipinski definition) is 3. The highest BCUT2D eigenvalue weighted by Gasteiger charge is 2.16. The van der Waals surface area contributed by atoms with Gasteiger partial charge in [-0.15, -0.1) is 0 Å². The van der Waals surface area contributed by atoms with Gasteiger partial charge in [0.05, 0.1) is 5.69 Å². The van der Waals surface area contributed by atoms with Gasteiger partial charge in [-0.3, -0.25) is 9.52 Å². The second-order valence-corrected chi connectivity index (χ2v) is 7.87. The van der Waals surface area contributed by atoms with Gasteiger partial charge < -0.3 is 10.6 Å². The van der Waals surface area contributed by atoms with Gasteiger partial charge in [0.15, 0.2) is 0 Å². The molecule has 1 amide bonds. The highest BCUT2D eigenvalue weighted by atomic mass is 32.2. The number of carbonyl (C=O) groups is 1. The number of aromatic nitrogens is 1. The van der Waals surface area contributed by atoms with Crippen molar-refractivity contribution in [2.45, 2.75) is 4.90 Å². The molecule has 1 aromatic heterocycles. The third-order valence-electron chi connectivity index (χ3n) is 3.91. The summed E-state index contributed by atoms with van der Waals surface area (Å²) in [5, 5.41) is 5.70. The number of nitrogens with one attached hydrogen (secondary N) is 3. The van der Waals surface area contributed by atoms with E-state index >= 15 is 0 Å². The molecule has 30 heavy (non-hydrogen) atoms. The summed E-state index contributed by atoms with van der Waals surface area (Å²) in [5.41, 5.74) is 0.319. The lowest BCUT2D eigenvalue weighted by Crippen LogP contribution is -2.28. The summed E-state index contributed by atoms with van der Waals surface area (Å²) in [5.74, 6) is -1.60. The Balaban J connectivity index is 1.53. The molecule has 0 aliphatic heterocycles. The van der Waals surface area contributed by atoms with Crippen LogP contribution in [0.5, 0.6) is 0 Å². The third-order valence-corrected chi connectivity index (χ3v) is 5.28. The summed E-state index contributed by atoms with van der Waals surface area (Å²) in [6.07, 6.45) is 1.11. The highest BCUT2D eigenvalue weighted by Crippen LogP contribution is 2.18. The molecule has 156 valence electrons. The molecule has 0 fully saturated rings. The predicted octanol–water partition coefficient (Wildman–Crippen LogP) is 3.00. The zero-order valence-electron chi connectivity index (χ0n) is 15.6. The van der Waals surface area contributed by atoms with Crippen LogP contribution in [-0.4, -0.2) is 32.4 Å². The first-order chi connectivity index (χ1) is 14.3. The molecular formula is C20H18F2N4O3S. The number of benzene rings is 2. The zero-order valence-corrected chi connectivity index (χ0v) is 16.4. The van der Waals surface area contributed by atoms with Crippen molar-refractivity contribution in [3.8, 4) is 0 Å². The van der Waals surface area contributed by atoms with Crippen LogP contribution in [0, 0.1) is 11.6 Å². The average molecular weight is 432 g/mol. The largest absolute Gasteiger partial charge is 0.368 e. The number of rotatable bonds is 8. The number of nitrogens with zero attached hydrogens (tertiary/aromatic N) is 1. The molecule has 0 aliphatic carbocycles. The molecule has 3 N–H and O–H groups in total. The second-order valence-electron chi connectivity index (χ2n) is 6.19. The van der Waals surface area contributed by atoms with Gasteiger partial charge in [-0.25, -0.2) is 22.2 Å². The van der Waals surface area contributed by atoms with E-state index in [4.69, 9.17) is 0 Å². The van der Waals surface area contributed by atoms with Gasteiger partial charge in [-0.1, -0.05) is 18.2 Å². The molecule has 2 aromatic carbocycles. The van der Waals surface area contributed by atoms with Crippen molar-refractivity contribution in [3.63, 3.8) is 0 Å². The first-order valence-corrected chi connectivity index (χ1v) is 10.3. The van der Waals surface area contributed by atoms with E-state index in [-0.39, 0.29) is 16.5 Å². The van der Waals surface area contributed by atoms with E-state index in [1.54, 1.807) is 24.3 Å². The number of halogens is 2. The maximum atomic E-state index is 13.2. The van der Waals surface area contributed by atoms with Crippen molar-refractivity contribution >= 4 is 27.4 Å². The van der Waals surface area contributed by atoms with Gasteiger partial charge in [0.25, 0.3) is 15.9 Å². The van der Waals surface area contributed by atoms with Gasteiger partial charge in [0.1, 0.15) is 22.3 Å². The highest BCUT2D eigenvalue weighted by molar-refractivity contribution is 7.92. The van der Waals surface area contributed by atoms with E-state index in [0.29, 0.717) is 30.5 Å². The Kier molecular flexibility index (Phi) is 6.58. The van der Waals surface area contributed by atoms with Gasteiger partial charge in [0, 0.05) is 30.9 Å². The normalized spacial score (nSPS) is 11.0. The molecule has 0 saturated carbocycles. The van der Waals surface area contributed by atoms with Gasteiger partial charge in [-0.2, -0.15) is 0 Å². The number of amides is 1. The maximum Gasteiger partial charge on any atom is 0.263 e. The SMILES string of the molecule is O=C(NCCNc1ccc(S(=O)(=O)Nc2cc(F)cc(F)c2)cn1)c1ccccc1. The predicted molar refractivity (Wildman–Crippen MR) is 109 cm³/mol. The van der Waals surface area contributed by atoms with E-state index in [1.807, 2.05) is 6.07 Å². The Labute approximate surface area is 172 Å². The van der Waals surface area contributed by atoms with Gasteiger partial charge in [-0.05, 0) is 36.4 Å². The minimum Gasteiger partial charge on any atom is -0.368 e. The molecule has 3 rings (SSSR count). The average Bonchev–Trinajstić information content (AvgIpc) is 2.71. The second kappa shape index (κ2) is 9.31. The molecule has 1 heterocycles. The molecule has 0 spiro atoms. The van der Waals surface area contributed by atoms with Gasteiger partial charge in [0.2, 0.25) is 0 Å². The van der Waals surface area contributed by atoms with Gasteiger partial charge >= 0.3 is 0 Å². The quantitative estimate of drug-likeness (QED) is 0.475. The molecule has 0 bridgehead atoms. The van der Waals surface area contributed by atoms with Crippen LogP contribution in [0.1, 0.15) is 10.4 Å². The minimum atomic E-state index is -4.06. The zero-order chi connectivity index (χ0) is 21.6. The maximum absolute atomic E-state index is 13.2. The lowest BCUT2D eigenvalue weighted by Gasteiger charge is -2.10. The van der Waals surface area contributed by atoms with Crippen LogP contribution in [0.25, 0.3) is 0 Å². The molecule has 0 radical (unpaired) electrons. The molecule has 3 aromatic rings. The standard InChI is InChI=1S/C20H18F2N4O3S/c21-15-10-16(22)12-17(11-15)26-30(28,29)18-6-7-19(25-13-18)23-8-9-24-20(27)14-4-2-1-3-5-14/h1-7,10-13,26H,8-9H2,(H,23,25)(H,24,27). The van der Waals surface area contributed by atoms with Crippen molar-refractivity contribution in [2.75, 3.05) is 23.1 Å². The monoisotopic (exact) mass is 432 g/mol. The summed E-state index contributed by atoms with van der Waals surface area (Å²) in [7, 11) is -4.06. The van der Waals surface area contributed by atoms with Crippen molar-refractivity contribution in [2.24, 2.45) is 0 Å². The smallest absolute Gasteiger partial charge is 0.263 e. The van der Waals surface area contributed by atoms with E-state index in [2.05, 4.69) is 20.3 Å². The molecule has 10 heteroatoms. The number of anilines is 2. The van der Waals surface area contributed by atoms with E-state index in [9.17, 15) is 22.0 Å². The lowest BCUT2D eigenvalue weighted by molar-refractivity contribution is 0.0955. The van der Waals surface area contributed by atoms with Crippen molar-refractivity contribution in [3.05, 3.63) is 84.1 Å². The number of carbonyl (C=O) groups excluding carboxylic acids is 1. The third kappa shape index (κ3) is 5.74. The summed E-state index contributed by atoms with van der Waals surface area (Å²) >= 11 is 0. The fourth-order valence-electron chi connectivity index (χ4n) is 2.53. The Morgan fingerprint density at radius 1 is 0.933 bits per heavy atom. The fourth-order valence-corrected chi connectivity index (χ4v) is 3.51. The topological polar surface area (TPSA) is 100 Å².